The standard InChI is InChI=1S/C12H18N6OS/c1-5-18-9(6-8(4)17-18)10(19)13-11-14-12(16-15-11)20-7(2)3/h6-7H,5H2,1-4H3,(H2,13,14,15,16,19). The lowest BCUT2D eigenvalue weighted by molar-refractivity contribution is 0.101. The third kappa shape index (κ3) is 3.38. The number of aromatic amines is 1. The molecule has 2 heterocycles. The van der Waals surface area contributed by atoms with Crippen molar-refractivity contribution in [2.45, 2.75) is 44.6 Å². The van der Waals surface area contributed by atoms with Crippen LogP contribution < -0.4 is 5.32 Å². The van der Waals surface area contributed by atoms with Gasteiger partial charge in [0.25, 0.3) is 5.91 Å². The molecule has 0 bridgehead atoms. The van der Waals surface area contributed by atoms with Crippen molar-refractivity contribution in [2.75, 3.05) is 5.32 Å². The average Bonchev–Trinajstić information content (AvgIpc) is 2.95. The van der Waals surface area contributed by atoms with Gasteiger partial charge in [-0.05, 0) is 19.9 Å². The second kappa shape index (κ2) is 6.08. The molecule has 2 aromatic rings. The van der Waals surface area contributed by atoms with Crippen molar-refractivity contribution in [3.8, 4) is 0 Å². The van der Waals surface area contributed by atoms with E-state index in [1.165, 1.54) is 11.8 Å². The summed E-state index contributed by atoms with van der Waals surface area (Å²) < 4.78 is 1.66. The Balaban J connectivity index is 2.09. The van der Waals surface area contributed by atoms with Gasteiger partial charge in [-0.1, -0.05) is 25.6 Å². The predicted molar refractivity (Wildman–Crippen MR) is 78.0 cm³/mol. The number of carbonyl (C=O) groups excluding carboxylic acids is 1. The first-order chi connectivity index (χ1) is 9.49. The van der Waals surface area contributed by atoms with Gasteiger partial charge < -0.3 is 0 Å². The number of nitrogens with one attached hydrogen (secondary N) is 2. The minimum Gasteiger partial charge on any atom is -0.289 e. The Bertz CT molecular complexity index is 603. The normalized spacial score (nSPS) is 11.1. The van der Waals surface area contributed by atoms with Crippen LogP contribution in [0.15, 0.2) is 11.2 Å². The summed E-state index contributed by atoms with van der Waals surface area (Å²) in [7, 11) is 0. The molecular weight excluding hydrogens is 276 g/mol. The number of aromatic nitrogens is 5. The van der Waals surface area contributed by atoms with Crippen LogP contribution in [0.25, 0.3) is 0 Å². The number of amides is 1. The maximum Gasteiger partial charge on any atom is 0.276 e. The van der Waals surface area contributed by atoms with Crippen LogP contribution in [0.3, 0.4) is 0 Å². The fourth-order valence-corrected chi connectivity index (χ4v) is 2.37. The van der Waals surface area contributed by atoms with Gasteiger partial charge in [0, 0.05) is 11.8 Å². The Kier molecular flexibility index (Phi) is 4.43. The average molecular weight is 294 g/mol. The third-order valence-corrected chi connectivity index (χ3v) is 3.34. The number of hydrogen-bond acceptors (Lipinski definition) is 5. The monoisotopic (exact) mass is 294 g/mol. The van der Waals surface area contributed by atoms with Crippen molar-refractivity contribution in [2.24, 2.45) is 0 Å². The van der Waals surface area contributed by atoms with E-state index in [0.29, 0.717) is 28.6 Å². The minimum absolute atomic E-state index is 0.246. The summed E-state index contributed by atoms with van der Waals surface area (Å²) in [5.41, 5.74) is 1.32. The van der Waals surface area contributed by atoms with E-state index in [1.807, 2.05) is 13.8 Å². The molecule has 2 N–H and O–H groups in total. The van der Waals surface area contributed by atoms with Gasteiger partial charge in [-0.3, -0.25) is 14.8 Å². The van der Waals surface area contributed by atoms with Crippen molar-refractivity contribution >= 4 is 23.6 Å². The summed E-state index contributed by atoms with van der Waals surface area (Å²) in [5, 5.41) is 14.7. The molecular formula is C12H18N6OS. The highest BCUT2D eigenvalue weighted by atomic mass is 32.2. The molecule has 0 aliphatic carbocycles. The quantitative estimate of drug-likeness (QED) is 0.824. The molecule has 1 amide bonds. The van der Waals surface area contributed by atoms with Gasteiger partial charge in [-0.25, -0.2) is 5.10 Å². The molecule has 20 heavy (non-hydrogen) atoms. The Morgan fingerprint density at radius 2 is 2.30 bits per heavy atom. The van der Waals surface area contributed by atoms with Crippen molar-refractivity contribution in [3.63, 3.8) is 0 Å². The first-order valence-corrected chi connectivity index (χ1v) is 7.32. The predicted octanol–water partition coefficient (Wildman–Crippen LogP) is 2.08. The van der Waals surface area contributed by atoms with Gasteiger partial charge in [-0.2, -0.15) is 10.1 Å². The fourth-order valence-electron chi connectivity index (χ4n) is 1.71. The van der Waals surface area contributed by atoms with Crippen molar-refractivity contribution in [1.82, 2.24) is 25.0 Å². The number of thioether (sulfide) groups is 1. The molecule has 0 spiro atoms. The number of anilines is 1. The molecule has 0 saturated carbocycles. The van der Waals surface area contributed by atoms with E-state index < -0.39 is 0 Å². The topological polar surface area (TPSA) is 88.5 Å². The van der Waals surface area contributed by atoms with Crippen molar-refractivity contribution < 1.29 is 4.79 Å². The molecule has 0 aliphatic rings. The number of H-pyrrole nitrogens is 1. The van der Waals surface area contributed by atoms with Gasteiger partial charge in [0.05, 0.1) is 5.69 Å². The molecule has 108 valence electrons. The molecule has 2 rings (SSSR count). The highest BCUT2D eigenvalue weighted by Gasteiger charge is 2.15. The smallest absolute Gasteiger partial charge is 0.276 e. The van der Waals surface area contributed by atoms with Crippen LogP contribution in [0.4, 0.5) is 5.95 Å². The van der Waals surface area contributed by atoms with E-state index in [4.69, 9.17) is 0 Å². The minimum atomic E-state index is -0.246. The summed E-state index contributed by atoms with van der Waals surface area (Å²) in [5.74, 6) is 0.101. The van der Waals surface area contributed by atoms with Gasteiger partial charge >= 0.3 is 0 Å². The van der Waals surface area contributed by atoms with Gasteiger partial charge in [-0.15, -0.1) is 5.10 Å². The highest BCUT2D eigenvalue weighted by molar-refractivity contribution is 7.99. The van der Waals surface area contributed by atoms with Crippen LogP contribution in [-0.4, -0.2) is 36.1 Å². The van der Waals surface area contributed by atoms with E-state index in [1.54, 1.807) is 10.7 Å². The first-order valence-electron chi connectivity index (χ1n) is 6.44. The van der Waals surface area contributed by atoms with Crippen LogP contribution in [0.5, 0.6) is 0 Å². The molecule has 0 fully saturated rings. The summed E-state index contributed by atoms with van der Waals surface area (Å²) in [4.78, 5) is 16.4. The van der Waals surface area contributed by atoms with E-state index in [0.717, 1.165) is 5.69 Å². The van der Waals surface area contributed by atoms with Crippen LogP contribution in [0, 0.1) is 6.92 Å². The number of hydrogen-bond donors (Lipinski definition) is 2. The zero-order valence-corrected chi connectivity index (χ0v) is 12.8. The van der Waals surface area contributed by atoms with E-state index in [2.05, 4.69) is 39.4 Å². The van der Waals surface area contributed by atoms with E-state index in [9.17, 15) is 4.79 Å². The molecule has 0 aliphatic heterocycles. The van der Waals surface area contributed by atoms with Crippen LogP contribution in [0.1, 0.15) is 37.0 Å². The second-order valence-corrected chi connectivity index (χ2v) is 6.12. The number of carbonyl (C=O) groups is 1. The summed E-state index contributed by atoms with van der Waals surface area (Å²) >= 11 is 1.53. The number of aryl methyl sites for hydroxylation is 2. The second-order valence-electron chi connectivity index (χ2n) is 4.57. The van der Waals surface area contributed by atoms with Crippen LogP contribution >= 0.6 is 11.8 Å². The third-order valence-electron chi connectivity index (χ3n) is 2.47. The lowest BCUT2D eigenvalue weighted by atomic mass is 10.3. The lowest BCUT2D eigenvalue weighted by Crippen LogP contribution is -2.18. The Morgan fingerprint density at radius 3 is 2.95 bits per heavy atom. The van der Waals surface area contributed by atoms with Crippen molar-refractivity contribution in [1.29, 1.82) is 0 Å². The zero-order valence-electron chi connectivity index (χ0n) is 12.0. The van der Waals surface area contributed by atoms with Crippen molar-refractivity contribution in [3.05, 3.63) is 17.5 Å². The summed E-state index contributed by atoms with van der Waals surface area (Å²) in [6, 6.07) is 1.75. The molecule has 8 heteroatoms. The van der Waals surface area contributed by atoms with Gasteiger partial charge in [0.2, 0.25) is 11.1 Å². The fraction of sp³-hybridized carbons (Fsp3) is 0.500. The largest absolute Gasteiger partial charge is 0.289 e. The number of rotatable bonds is 5. The first kappa shape index (κ1) is 14.6. The molecule has 0 unspecified atom stereocenters. The summed E-state index contributed by atoms with van der Waals surface area (Å²) in [6.45, 7) is 8.55. The van der Waals surface area contributed by atoms with Gasteiger partial charge in [0.1, 0.15) is 5.69 Å². The summed E-state index contributed by atoms with van der Waals surface area (Å²) in [6.07, 6.45) is 0. The Morgan fingerprint density at radius 1 is 1.55 bits per heavy atom. The molecule has 7 nitrogen and oxygen atoms in total. The molecule has 0 aromatic carbocycles. The molecule has 0 saturated heterocycles. The zero-order chi connectivity index (χ0) is 14.7. The van der Waals surface area contributed by atoms with E-state index >= 15 is 0 Å². The Hall–Kier alpha value is -1.83. The van der Waals surface area contributed by atoms with Crippen LogP contribution in [-0.2, 0) is 6.54 Å². The molecule has 2 aromatic heterocycles. The highest BCUT2D eigenvalue weighted by Crippen LogP contribution is 2.19. The number of nitrogens with zero attached hydrogens (tertiary/aromatic N) is 4. The maximum absolute atomic E-state index is 12.2. The lowest BCUT2D eigenvalue weighted by Gasteiger charge is -2.03. The SMILES string of the molecule is CCn1nc(C)cc1C(=O)Nc1nc(SC(C)C)n[nH]1. The molecule has 0 atom stereocenters. The Labute approximate surface area is 121 Å². The maximum atomic E-state index is 12.2. The van der Waals surface area contributed by atoms with Crippen LogP contribution in [0.2, 0.25) is 0 Å². The van der Waals surface area contributed by atoms with Gasteiger partial charge in [0.15, 0.2) is 0 Å². The molecule has 0 radical (unpaired) electrons. The van der Waals surface area contributed by atoms with E-state index in [-0.39, 0.29) is 5.91 Å².